The number of nitrogens with zero attached hydrogens (tertiary/aromatic N) is 2. The van der Waals surface area contributed by atoms with Crippen LogP contribution >= 0.6 is 11.6 Å². The zero-order valence-electron chi connectivity index (χ0n) is 14.6. The van der Waals surface area contributed by atoms with Crippen molar-refractivity contribution < 1.29 is 14.0 Å². The highest BCUT2D eigenvalue weighted by Crippen LogP contribution is 2.23. The largest absolute Gasteiger partial charge is 0.353 e. The summed E-state index contributed by atoms with van der Waals surface area (Å²) < 4.78 is 14.1. The van der Waals surface area contributed by atoms with Crippen molar-refractivity contribution in [3.05, 3.63) is 64.7 Å². The van der Waals surface area contributed by atoms with Crippen molar-refractivity contribution in [2.45, 2.75) is 25.6 Å². The van der Waals surface area contributed by atoms with Gasteiger partial charge in [-0.15, -0.1) is 0 Å². The van der Waals surface area contributed by atoms with Gasteiger partial charge in [0.15, 0.2) is 0 Å². The summed E-state index contributed by atoms with van der Waals surface area (Å²) in [6.07, 6.45) is 3.29. The predicted octanol–water partition coefficient (Wildman–Crippen LogP) is 1.88. The van der Waals surface area contributed by atoms with Crippen LogP contribution in [0.2, 0.25) is 5.02 Å². The molecule has 1 atom stereocenters. The molecule has 6 nitrogen and oxygen atoms in total. The molecule has 8 heteroatoms. The first-order chi connectivity index (χ1) is 13.0. The highest BCUT2D eigenvalue weighted by molar-refractivity contribution is 6.31. The van der Waals surface area contributed by atoms with Gasteiger partial charge < -0.3 is 10.6 Å². The molecule has 1 fully saturated rings. The molecule has 2 aromatic rings. The molecule has 1 aromatic heterocycles. The molecule has 1 aromatic carbocycles. The zero-order valence-corrected chi connectivity index (χ0v) is 15.4. The first-order valence-electron chi connectivity index (χ1n) is 8.65. The smallest absolute Gasteiger partial charge is 0.237 e. The van der Waals surface area contributed by atoms with Gasteiger partial charge in [-0.2, -0.15) is 0 Å². The van der Waals surface area contributed by atoms with E-state index in [4.69, 9.17) is 11.6 Å². The minimum atomic E-state index is -0.674. The molecule has 0 saturated carbocycles. The van der Waals surface area contributed by atoms with Crippen LogP contribution < -0.4 is 10.6 Å². The number of hydrogen-bond acceptors (Lipinski definition) is 4. The van der Waals surface area contributed by atoms with Gasteiger partial charge in [-0.3, -0.25) is 19.5 Å². The lowest BCUT2D eigenvalue weighted by Crippen LogP contribution is -2.56. The number of aromatic nitrogens is 1. The van der Waals surface area contributed by atoms with E-state index in [0.717, 1.165) is 5.56 Å². The van der Waals surface area contributed by atoms with Gasteiger partial charge in [0, 0.05) is 49.2 Å². The Balaban J connectivity index is 1.65. The third-order valence-electron chi connectivity index (χ3n) is 4.48. The number of amides is 2. The van der Waals surface area contributed by atoms with E-state index in [1.165, 1.54) is 12.1 Å². The van der Waals surface area contributed by atoms with Crippen LogP contribution in [-0.2, 0) is 22.7 Å². The van der Waals surface area contributed by atoms with Crippen LogP contribution in [0.5, 0.6) is 0 Å². The van der Waals surface area contributed by atoms with Gasteiger partial charge in [0.1, 0.15) is 5.82 Å². The maximum absolute atomic E-state index is 14.1. The molecule has 3 rings (SSSR count). The maximum Gasteiger partial charge on any atom is 0.237 e. The van der Waals surface area contributed by atoms with Crippen LogP contribution in [0, 0.1) is 5.82 Å². The van der Waals surface area contributed by atoms with Crippen LogP contribution in [0.4, 0.5) is 4.39 Å². The first kappa shape index (κ1) is 19.3. The van der Waals surface area contributed by atoms with E-state index in [1.807, 2.05) is 0 Å². The molecular formula is C19H20ClFN4O2. The molecule has 1 aliphatic rings. The van der Waals surface area contributed by atoms with Crippen molar-refractivity contribution in [3.8, 4) is 0 Å². The van der Waals surface area contributed by atoms with Crippen LogP contribution in [0.1, 0.15) is 17.5 Å². The Morgan fingerprint density at radius 3 is 2.85 bits per heavy atom. The summed E-state index contributed by atoms with van der Waals surface area (Å²) in [5.41, 5.74) is 1.25. The minimum Gasteiger partial charge on any atom is -0.353 e. The quantitative estimate of drug-likeness (QED) is 0.789. The Hall–Kier alpha value is -2.51. The second-order valence-electron chi connectivity index (χ2n) is 6.31. The lowest BCUT2D eigenvalue weighted by atomic mass is 10.1. The van der Waals surface area contributed by atoms with E-state index in [0.29, 0.717) is 30.2 Å². The lowest BCUT2D eigenvalue weighted by Gasteiger charge is -2.35. The van der Waals surface area contributed by atoms with E-state index in [9.17, 15) is 14.0 Å². The average Bonchev–Trinajstić information content (AvgIpc) is 2.66. The molecule has 0 bridgehead atoms. The summed E-state index contributed by atoms with van der Waals surface area (Å²) in [6.45, 7) is 1.48. The molecule has 0 spiro atoms. The van der Waals surface area contributed by atoms with Gasteiger partial charge in [0.05, 0.1) is 12.5 Å². The van der Waals surface area contributed by atoms with Crippen molar-refractivity contribution in [3.63, 3.8) is 0 Å². The van der Waals surface area contributed by atoms with Crippen molar-refractivity contribution in [2.75, 3.05) is 13.1 Å². The molecule has 2 N–H and O–H groups in total. The number of benzene rings is 1. The fourth-order valence-electron chi connectivity index (χ4n) is 3.01. The monoisotopic (exact) mass is 390 g/mol. The number of carbonyl (C=O) groups is 2. The number of carbonyl (C=O) groups excluding carboxylic acids is 2. The molecule has 2 heterocycles. The van der Waals surface area contributed by atoms with Gasteiger partial charge in [-0.05, 0) is 29.8 Å². The van der Waals surface area contributed by atoms with Crippen LogP contribution in [0.3, 0.4) is 0 Å². The highest BCUT2D eigenvalue weighted by atomic mass is 35.5. The molecule has 142 valence electrons. The maximum atomic E-state index is 14.1. The lowest BCUT2D eigenvalue weighted by molar-refractivity contribution is -0.134. The standard InChI is InChI=1S/C19H20ClFN4O2/c20-15-2-1-3-16(21)14(15)12-25-9-8-23-19(27)17(25)10-18(26)24-11-13-4-6-22-7-5-13/h1-7,17H,8-12H2,(H,23,27)(H,24,26). The fourth-order valence-corrected chi connectivity index (χ4v) is 3.23. The van der Waals surface area contributed by atoms with E-state index >= 15 is 0 Å². The van der Waals surface area contributed by atoms with Gasteiger partial charge in [0.2, 0.25) is 11.8 Å². The van der Waals surface area contributed by atoms with Gasteiger partial charge in [-0.1, -0.05) is 17.7 Å². The van der Waals surface area contributed by atoms with E-state index in [2.05, 4.69) is 15.6 Å². The van der Waals surface area contributed by atoms with Crippen LogP contribution in [-0.4, -0.2) is 40.8 Å². The Labute approximate surface area is 161 Å². The van der Waals surface area contributed by atoms with Gasteiger partial charge >= 0.3 is 0 Å². The van der Waals surface area contributed by atoms with E-state index in [-0.39, 0.29) is 24.8 Å². The Morgan fingerprint density at radius 2 is 2.11 bits per heavy atom. The summed E-state index contributed by atoms with van der Waals surface area (Å²) in [6, 6.07) is 7.42. The second-order valence-corrected chi connectivity index (χ2v) is 6.72. The molecule has 1 unspecified atom stereocenters. The number of hydrogen-bond donors (Lipinski definition) is 2. The summed E-state index contributed by atoms with van der Waals surface area (Å²) in [7, 11) is 0. The number of pyridine rings is 1. The normalized spacial score (nSPS) is 17.4. The summed E-state index contributed by atoms with van der Waals surface area (Å²) >= 11 is 6.10. The van der Waals surface area contributed by atoms with Crippen molar-refractivity contribution in [1.29, 1.82) is 0 Å². The van der Waals surface area contributed by atoms with Crippen molar-refractivity contribution in [1.82, 2.24) is 20.5 Å². The number of halogens is 2. The average molecular weight is 391 g/mol. The molecule has 2 amide bonds. The Kier molecular flexibility index (Phi) is 6.36. The number of nitrogens with one attached hydrogen (secondary N) is 2. The highest BCUT2D eigenvalue weighted by Gasteiger charge is 2.32. The van der Waals surface area contributed by atoms with Crippen molar-refractivity contribution >= 4 is 23.4 Å². The molecular weight excluding hydrogens is 371 g/mol. The summed E-state index contributed by atoms with van der Waals surface area (Å²) in [5.74, 6) is -0.916. The minimum absolute atomic E-state index is 0.0109. The van der Waals surface area contributed by atoms with Crippen molar-refractivity contribution in [2.24, 2.45) is 0 Å². The molecule has 0 radical (unpaired) electrons. The fraction of sp³-hybridized carbons (Fsp3) is 0.316. The van der Waals surface area contributed by atoms with Crippen LogP contribution in [0.15, 0.2) is 42.7 Å². The summed E-state index contributed by atoms with van der Waals surface area (Å²) in [5, 5.41) is 5.87. The van der Waals surface area contributed by atoms with Gasteiger partial charge in [-0.25, -0.2) is 4.39 Å². The molecule has 27 heavy (non-hydrogen) atoms. The number of piperazine rings is 1. The zero-order chi connectivity index (χ0) is 19.2. The van der Waals surface area contributed by atoms with E-state index in [1.54, 1.807) is 35.5 Å². The topological polar surface area (TPSA) is 74.3 Å². The van der Waals surface area contributed by atoms with Crippen LogP contribution in [0.25, 0.3) is 0 Å². The van der Waals surface area contributed by atoms with Gasteiger partial charge in [0.25, 0.3) is 0 Å². The molecule has 1 aliphatic heterocycles. The molecule has 1 saturated heterocycles. The molecule has 0 aliphatic carbocycles. The Bertz CT molecular complexity index is 798. The second kappa shape index (κ2) is 8.92. The SMILES string of the molecule is O=C(CC1C(=O)NCCN1Cc1c(F)cccc1Cl)NCc1ccncc1. The van der Waals surface area contributed by atoms with E-state index < -0.39 is 11.9 Å². The third kappa shape index (κ3) is 5.02. The Morgan fingerprint density at radius 1 is 1.33 bits per heavy atom. The number of rotatable bonds is 6. The third-order valence-corrected chi connectivity index (χ3v) is 4.84. The summed E-state index contributed by atoms with van der Waals surface area (Å²) in [4.78, 5) is 30.3. The predicted molar refractivity (Wildman–Crippen MR) is 99.3 cm³/mol. The first-order valence-corrected chi connectivity index (χ1v) is 9.02.